The summed E-state index contributed by atoms with van der Waals surface area (Å²) in [5.41, 5.74) is 0. The molecule has 0 aromatic carbocycles. The molecule has 1 aliphatic carbocycles. The zero-order valence-electron chi connectivity index (χ0n) is 15.2. The summed E-state index contributed by atoms with van der Waals surface area (Å²) in [5.74, 6) is 1.68. The van der Waals surface area contributed by atoms with Crippen LogP contribution in [0.3, 0.4) is 0 Å². The summed E-state index contributed by atoms with van der Waals surface area (Å²) in [5, 5.41) is 3.25. The van der Waals surface area contributed by atoms with E-state index in [2.05, 4.69) is 17.1 Å². The van der Waals surface area contributed by atoms with Crippen LogP contribution in [0, 0.1) is 17.8 Å². The fourth-order valence-electron chi connectivity index (χ4n) is 4.59. The Hall–Kier alpha value is -0.650. The Labute approximate surface area is 146 Å². The van der Waals surface area contributed by atoms with E-state index >= 15 is 0 Å². The molecule has 0 unspecified atom stereocenters. The Balaban J connectivity index is 1.48. The van der Waals surface area contributed by atoms with Gasteiger partial charge in [-0.2, -0.15) is 0 Å². The lowest BCUT2D eigenvalue weighted by atomic mass is 9.93. The first-order chi connectivity index (χ1) is 11.7. The molecule has 0 spiro atoms. The molecule has 3 fully saturated rings. The Kier molecular flexibility index (Phi) is 6.93. The minimum Gasteiger partial charge on any atom is -0.381 e. The molecule has 1 amide bonds. The zero-order chi connectivity index (χ0) is 16.8. The molecule has 3 aliphatic rings. The van der Waals surface area contributed by atoms with Crippen LogP contribution in [0.15, 0.2) is 0 Å². The highest BCUT2D eigenvalue weighted by molar-refractivity contribution is 5.78. The molecule has 3 rings (SSSR count). The summed E-state index contributed by atoms with van der Waals surface area (Å²) in [6.07, 6.45) is 7.48. The Morgan fingerprint density at radius 3 is 2.54 bits per heavy atom. The summed E-state index contributed by atoms with van der Waals surface area (Å²) in [6.45, 7) is 8.07. The second-order valence-corrected chi connectivity index (χ2v) is 7.87. The van der Waals surface area contributed by atoms with Gasteiger partial charge in [0.05, 0.1) is 19.8 Å². The number of rotatable bonds is 7. The fourth-order valence-corrected chi connectivity index (χ4v) is 4.59. The van der Waals surface area contributed by atoms with Gasteiger partial charge in [0.15, 0.2) is 0 Å². The molecule has 2 heterocycles. The van der Waals surface area contributed by atoms with Gasteiger partial charge in [-0.05, 0) is 18.8 Å². The molecule has 1 N–H and O–H groups in total. The van der Waals surface area contributed by atoms with Crippen molar-refractivity contribution in [1.29, 1.82) is 0 Å². The standard InChI is InChI=1S/C19H34N2O3/c1-15(12-16-4-2-3-5-16)19(22)20-13-18(17-6-9-24-14-17)21-7-10-23-11-8-21/h15-18H,2-14H2,1H3,(H,20,22)/t15-,17+,18+/m1/s1. The maximum absolute atomic E-state index is 12.5. The van der Waals surface area contributed by atoms with Crippen LogP contribution >= 0.6 is 0 Å². The van der Waals surface area contributed by atoms with E-state index in [9.17, 15) is 4.79 Å². The van der Waals surface area contributed by atoms with Crippen molar-refractivity contribution in [2.45, 2.75) is 51.5 Å². The number of ether oxygens (including phenoxy) is 2. The average Bonchev–Trinajstić information content (AvgIpc) is 3.30. The van der Waals surface area contributed by atoms with E-state index in [-0.39, 0.29) is 11.8 Å². The topological polar surface area (TPSA) is 50.8 Å². The van der Waals surface area contributed by atoms with Gasteiger partial charge in [-0.25, -0.2) is 0 Å². The maximum atomic E-state index is 12.5. The van der Waals surface area contributed by atoms with Crippen LogP contribution in [0.2, 0.25) is 0 Å². The van der Waals surface area contributed by atoms with Gasteiger partial charge in [0.2, 0.25) is 5.91 Å². The van der Waals surface area contributed by atoms with Gasteiger partial charge >= 0.3 is 0 Å². The van der Waals surface area contributed by atoms with Crippen LogP contribution in [0.25, 0.3) is 0 Å². The molecule has 0 radical (unpaired) electrons. The quantitative estimate of drug-likeness (QED) is 0.772. The number of hydrogen-bond acceptors (Lipinski definition) is 4. The van der Waals surface area contributed by atoms with Crippen molar-refractivity contribution in [2.24, 2.45) is 17.8 Å². The predicted molar refractivity (Wildman–Crippen MR) is 93.9 cm³/mol. The average molecular weight is 338 g/mol. The number of nitrogens with zero attached hydrogens (tertiary/aromatic N) is 1. The number of nitrogens with one attached hydrogen (secondary N) is 1. The third kappa shape index (κ3) is 4.93. The molecule has 3 atom stereocenters. The number of carbonyl (C=O) groups is 1. The zero-order valence-corrected chi connectivity index (χ0v) is 15.2. The number of amides is 1. The van der Waals surface area contributed by atoms with Crippen LogP contribution in [0.5, 0.6) is 0 Å². The molecule has 0 aromatic heterocycles. The van der Waals surface area contributed by atoms with Crippen molar-refractivity contribution in [3.63, 3.8) is 0 Å². The molecule has 5 heteroatoms. The predicted octanol–water partition coefficient (Wildman–Crippen LogP) is 2.06. The summed E-state index contributed by atoms with van der Waals surface area (Å²) < 4.78 is 11.1. The summed E-state index contributed by atoms with van der Waals surface area (Å²) in [7, 11) is 0. The summed E-state index contributed by atoms with van der Waals surface area (Å²) in [4.78, 5) is 15.0. The van der Waals surface area contributed by atoms with Gasteiger partial charge in [0.1, 0.15) is 0 Å². The number of hydrogen-bond donors (Lipinski definition) is 1. The molecular weight excluding hydrogens is 304 g/mol. The normalized spacial score (nSPS) is 28.8. The fraction of sp³-hybridized carbons (Fsp3) is 0.947. The summed E-state index contributed by atoms with van der Waals surface area (Å²) in [6, 6.07) is 0.388. The van der Waals surface area contributed by atoms with Crippen LogP contribution in [-0.2, 0) is 14.3 Å². The molecule has 2 aliphatic heterocycles. The highest BCUT2D eigenvalue weighted by Crippen LogP contribution is 2.30. The van der Waals surface area contributed by atoms with Crippen LogP contribution in [0.4, 0.5) is 0 Å². The third-order valence-electron chi connectivity index (χ3n) is 6.12. The lowest BCUT2D eigenvalue weighted by molar-refractivity contribution is -0.125. The number of morpholine rings is 1. The van der Waals surface area contributed by atoms with Crippen molar-refractivity contribution in [3.8, 4) is 0 Å². The van der Waals surface area contributed by atoms with Crippen molar-refractivity contribution >= 4 is 5.91 Å². The first kappa shape index (κ1) is 18.2. The van der Waals surface area contributed by atoms with E-state index in [1.165, 1.54) is 25.7 Å². The first-order valence-corrected chi connectivity index (χ1v) is 9.91. The van der Waals surface area contributed by atoms with Crippen molar-refractivity contribution in [2.75, 3.05) is 46.1 Å². The lowest BCUT2D eigenvalue weighted by Gasteiger charge is -2.37. The smallest absolute Gasteiger partial charge is 0.222 e. The van der Waals surface area contributed by atoms with Crippen LogP contribution < -0.4 is 5.32 Å². The van der Waals surface area contributed by atoms with Crippen LogP contribution in [0.1, 0.15) is 45.4 Å². The molecule has 0 bridgehead atoms. The Morgan fingerprint density at radius 1 is 1.12 bits per heavy atom. The van der Waals surface area contributed by atoms with Gasteiger partial charge in [-0.3, -0.25) is 9.69 Å². The monoisotopic (exact) mass is 338 g/mol. The third-order valence-corrected chi connectivity index (χ3v) is 6.12. The Morgan fingerprint density at radius 2 is 1.88 bits per heavy atom. The van der Waals surface area contributed by atoms with Crippen molar-refractivity contribution < 1.29 is 14.3 Å². The molecule has 24 heavy (non-hydrogen) atoms. The Bertz CT molecular complexity index is 386. The molecule has 5 nitrogen and oxygen atoms in total. The van der Waals surface area contributed by atoms with Gasteiger partial charge in [-0.15, -0.1) is 0 Å². The first-order valence-electron chi connectivity index (χ1n) is 9.91. The molecule has 1 saturated carbocycles. The largest absolute Gasteiger partial charge is 0.381 e. The van der Waals surface area contributed by atoms with Gasteiger partial charge in [-0.1, -0.05) is 32.6 Å². The van der Waals surface area contributed by atoms with E-state index in [1.54, 1.807) is 0 Å². The highest BCUT2D eigenvalue weighted by atomic mass is 16.5. The van der Waals surface area contributed by atoms with E-state index < -0.39 is 0 Å². The second-order valence-electron chi connectivity index (χ2n) is 7.87. The molecule has 138 valence electrons. The lowest BCUT2D eigenvalue weighted by Crippen LogP contribution is -2.52. The molecular formula is C19H34N2O3. The highest BCUT2D eigenvalue weighted by Gasteiger charge is 2.32. The maximum Gasteiger partial charge on any atom is 0.222 e. The molecule has 2 saturated heterocycles. The van der Waals surface area contributed by atoms with E-state index in [0.717, 1.165) is 64.8 Å². The SMILES string of the molecule is C[C@H](CC1CCCC1)C(=O)NC[C@@H]([C@H]1CCOC1)N1CCOCC1. The van der Waals surface area contributed by atoms with E-state index in [4.69, 9.17) is 9.47 Å². The minimum absolute atomic E-state index is 0.137. The second kappa shape index (κ2) is 9.16. The van der Waals surface area contributed by atoms with Crippen molar-refractivity contribution in [3.05, 3.63) is 0 Å². The minimum atomic E-state index is 0.137. The van der Waals surface area contributed by atoms with E-state index in [1.807, 2.05) is 0 Å². The van der Waals surface area contributed by atoms with Crippen molar-refractivity contribution in [1.82, 2.24) is 10.2 Å². The summed E-state index contributed by atoms with van der Waals surface area (Å²) >= 11 is 0. The molecule has 0 aromatic rings. The van der Waals surface area contributed by atoms with Crippen LogP contribution in [-0.4, -0.2) is 62.9 Å². The number of carbonyl (C=O) groups excluding carboxylic acids is 1. The van der Waals surface area contributed by atoms with Gasteiger partial charge < -0.3 is 14.8 Å². The van der Waals surface area contributed by atoms with Gasteiger partial charge in [0.25, 0.3) is 0 Å². The van der Waals surface area contributed by atoms with Gasteiger partial charge in [0, 0.05) is 44.1 Å². The van der Waals surface area contributed by atoms with E-state index in [0.29, 0.717) is 12.0 Å².